The van der Waals surface area contributed by atoms with Gasteiger partial charge >= 0.3 is 0 Å². The molecule has 0 radical (unpaired) electrons. The molecule has 0 heterocycles. The summed E-state index contributed by atoms with van der Waals surface area (Å²) in [7, 11) is -3.17. The summed E-state index contributed by atoms with van der Waals surface area (Å²) in [5.74, 6) is 0. The molecule has 0 unspecified atom stereocenters. The van der Waals surface area contributed by atoms with E-state index in [0.717, 1.165) is 15.2 Å². The molecule has 2 aromatic carbocycles. The van der Waals surface area contributed by atoms with E-state index in [1.165, 1.54) is 6.26 Å². The Hall–Kier alpha value is -0.870. The minimum Gasteiger partial charge on any atom is -0.224 e. The molecule has 0 aliphatic rings. The molecular weight excluding hydrogens is 276 g/mol. The van der Waals surface area contributed by atoms with Crippen LogP contribution in [0.4, 0.5) is 0 Å². The van der Waals surface area contributed by atoms with Gasteiger partial charge in [-0.25, -0.2) is 8.42 Å². The molecule has 2 aromatic rings. The summed E-state index contributed by atoms with van der Waals surface area (Å²) in [5.41, 5.74) is 0. The molecule has 15 heavy (non-hydrogen) atoms. The predicted octanol–water partition coefficient (Wildman–Crippen LogP) is 3.01. The third-order valence-electron chi connectivity index (χ3n) is 2.23. The molecule has 4 heteroatoms. The molecule has 0 atom stereocenters. The zero-order valence-corrected chi connectivity index (χ0v) is 10.5. The largest absolute Gasteiger partial charge is 0.224 e. The van der Waals surface area contributed by atoms with Crippen molar-refractivity contribution in [2.75, 3.05) is 6.26 Å². The van der Waals surface area contributed by atoms with Crippen LogP contribution in [0.5, 0.6) is 0 Å². The van der Waals surface area contributed by atoms with Crippen LogP contribution >= 0.6 is 15.9 Å². The second kappa shape index (κ2) is 3.61. The lowest BCUT2D eigenvalue weighted by molar-refractivity contribution is 0.602. The molecule has 0 amide bonds. The van der Waals surface area contributed by atoms with E-state index >= 15 is 0 Å². The van der Waals surface area contributed by atoms with E-state index in [2.05, 4.69) is 15.9 Å². The van der Waals surface area contributed by atoms with Gasteiger partial charge in [0.05, 0.1) is 4.90 Å². The summed E-state index contributed by atoms with van der Waals surface area (Å²) in [6.45, 7) is 0. The Labute approximate surface area is 97.0 Å². The van der Waals surface area contributed by atoms with Crippen molar-refractivity contribution in [1.82, 2.24) is 0 Å². The monoisotopic (exact) mass is 284 g/mol. The minimum atomic E-state index is -3.17. The van der Waals surface area contributed by atoms with Crippen molar-refractivity contribution < 1.29 is 8.42 Å². The third-order valence-corrected chi connectivity index (χ3v) is 4.08. The Kier molecular flexibility index (Phi) is 2.56. The van der Waals surface area contributed by atoms with Gasteiger partial charge in [-0.15, -0.1) is 0 Å². The quantitative estimate of drug-likeness (QED) is 0.807. The number of hydrogen-bond acceptors (Lipinski definition) is 2. The first-order chi connectivity index (χ1) is 7.00. The van der Waals surface area contributed by atoms with Crippen LogP contribution in [0, 0.1) is 0 Å². The molecule has 2 nitrogen and oxygen atoms in total. The van der Waals surface area contributed by atoms with Crippen LogP contribution in [0.25, 0.3) is 10.8 Å². The van der Waals surface area contributed by atoms with Gasteiger partial charge in [0.2, 0.25) is 0 Å². The van der Waals surface area contributed by atoms with Crippen molar-refractivity contribution in [1.29, 1.82) is 0 Å². The average Bonchev–Trinajstić information content (AvgIpc) is 2.17. The molecule has 0 bridgehead atoms. The maximum atomic E-state index is 11.5. The van der Waals surface area contributed by atoms with Crippen molar-refractivity contribution in [3.8, 4) is 0 Å². The van der Waals surface area contributed by atoms with Gasteiger partial charge in [0, 0.05) is 16.1 Å². The Morgan fingerprint density at radius 3 is 2.20 bits per heavy atom. The van der Waals surface area contributed by atoms with E-state index in [0.29, 0.717) is 4.90 Å². The maximum Gasteiger partial charge on any atom is 0.176 e. The second-order valence-corrected chi connectivity index (χ2v) is 6.20. The van der Waals surface area contributed by atoms with Gasteiger partial charge in [-0.1, -0.05) is 40.2 Å². The first kappa shape index (κ1) is 10.6. The van der Waals surface area contributed by atoms with E-state index in [1.807, 2.05) is 24.3 Å². The molecule has 2 rings (SSSR count). The second-order valence-electron chi connectivity index (χ2n) is 3.36. The predicted molar refractivity (Wildman–Crippen MR) is 64.8 cm³/mol. The van der Waals surface area contributed by atoms with Gasteiger partial charge < -0.3 is 0 Å². The first-order valence-corrected chi connectivity index (χ1v) is 7.06. The van der Waals surface area contributed by atoms with Crippen molar-refractivity contribution in [2.24, 2.45) is 0 Å². The topological polar surface area (TPSA) is 34.1 Å². The SMILES string of the molecule is CS(=O)(=O)c1ccc(Br)c2ccccc12. The summed E-state index contributed by atoms with van der Waals surface area (Å²) in [5, 5.41) is 1.68. The summed E-state index contributed by atoms with van der Waals surface area (Å²) in [6, 6.07) is 10.8. The number of sulfone groups is 1. The summed E-state index contributed by atoms with van der Waals surface area (Å²) < 4.78 is 24.0. The number of halogens is 1. The van der Waals surface area contributed by atoms with Crippen molar-refractivity contribution in [3.63, 3.8) is 0 Å². The van der Waals surface area contributed by atoms with Crippen molar-refractivity contribution in [2.45, 2.75) is 4.90 Å². The zero-order chi connectivity index (χ0) is 11.1. The van der Waals surface area contributed by atoms with Crippen LogP contribution in [0.1, 0.15) is 0 Å². The Morgan fingerprint density at radius 2 is 1.60 bits per heavy atom. The fourth-order valence-corrected chi connectivity index (χ4v) is 2.93. The third kappa shape index (κ3) is 1.92. The number of fused-ring (bicyclic) bond motifs is 1. The van der Waals surface area contributed by atoms with E-state index < -0.39 is 9.84 Å². The lowest BCUT2D eigenvalue weighted by Crippen LogP contribution is -1.98. The molecule has 0 aromatic heterocycles. The fraction of sp³-hybridized carbons (Fsp3) is 0.0909. The summed E-state index contributed by atoms with van der Waals surface area (Å²) in [4.78, 5) is 0.376. The summed E-state index contributed by atoms with van der Waals surface area (Å²) >= 11 is 3.40. The highest BCUT2D eigenvalue weighted by Crippen LogP contribution is 2.29. The number of rotatable bonds is 1. The highest BCUT2D eigenvalue weighted by Gasteiger charge is 2.12. The molecule has 78 valence electrons. The minimum absolute atomic E-state index is 0.376. The Bertz CT molecular complexity index is 618. The molecule has 0 spiro atoms. The van der Waals surface area contributed by atoms with E-state index in [1.54, 1.807) is 12.1 Å². The van der Waals surface area contributed by atoms with Crippen LogP contribution in [-0.4, -0.2) is 14.7 Å². The lowest BCUT2D eigenvalue weighted by Gasteiger charge is -2.05. The maximum absolute atomic E-state index is 11.5. The highest BCUT2D eigenvalue weighted by molar-refractivity contribution is 9.10. The summed E-state index contributed by atoms with van der Waals surface area (Å²) in [6.07, 6.45) is 1.22. The van der Waals surface area contributed by atoms with Crippen LogP contribution in [-0.2, 0) is 9.84 Å². The van der Waals surface area contributed by atoms with Crippen molar-refractivity contribution in [3.05, 3.63) is 40.9 Å². The standard InChI is InChI=1S/C11H9BrO2S/c1-15(13,14)11-7-6-10(12)8-4-2-3-5-9(8)11/h2-7H,1H3. The highest BCUT2D eigenvalue weighted by atomic mass is 79.9. The fourth-order valence-electron chi connectivity index (χ4n) is 1.56. The zero-order valence-electron chi connectivity index (χ0n) is 8.07. The molecule has 0 aliphatic heterocycles. The van der Waals surface area contributed by atoms with Gasteiger partial charge in [-0.05, 0) is 17.5 Å². The average molecular weight is 285 g/mol. The van der Waals surface area contributed by atoms with Gasteiger partial charge in [0.25, 0.3) is 0 Å². The number of benzene rings is 2. The van der Waals surface area contributed by atoms with Crippen LogP contribution in [0.2, 0.25) is 0 Å². The van der Waals surface area contributed by atoms with Crippen LogP contribution in [0.15, 0.2) is 45.8 Å². The first-order valence-electron chi connectivity index (χ1n) is 4.37. The van der Waals surface area contributed by atoms with Crippen LogP contribution in [0.3, 0.4) is 0 Å². The molecule has 0 fully saturated rings. The van der Waals surface area contributed by atoms with Crippen LogP contribution < -0.4 is 0 Å². The number of hydrogen-bond donors (Lipinski definition) is 0. The normalized spacial score (nSPS) is 11.9. The van der Waals surface area contributed by atoms with Gasteiger partial charge in [0.15, 0.2) is 9.84 Å². The molecule has 0 aliphatic carbocycles. The molecule has 0 saturated carbocycles. The Morgan fingerprint density at radius 1 is 1.00 bits per heavy atom. The molecule has 0 saturated heterocycles. The van der Waals surface area contributed by atoms with Crippen molar-refractivity contribution >= 4 is 36.5 Å². The molecular formula is C11H9BrO2S. The van der Waals surface area contributed by atoms with Gasteiger partial charge in [0.1, 0.15) is 0 Å². The van der Waals surface area contributed by atoms with E-state index in [-0.39, 0.29) is 0 Å². The van der Waals surface area contributed by atoms with Gasteiger partial charge in [-0.2, -0.15) is 0 Å². The molecule has 0 N–H and O–H groups in total. The van der Waals surface area contributed by atoms with E-state index in [9.17, 15) is 8.42 Å². The van der Waals surface area contributed by atoms with E-state index in [4.69, 9.17) is 0 Å². The smallest absolute Gasteiger partial charge is 0.176 e. The van der Waals surface area contributed by atoms with Gasteiger partial charge in [-0.3, -0.25) is 0 Å². The lowest BCUT2D eigenvalue weighted by atomic mass is 10.1. The Balaban J connectivity index is 2.96.